The second-order valence-corrected chi connectivity index (χ2v) is 7.43. The lowest BCUT2D eigenvalue weighted by Crippen LogP contribution is -2.46. The Labute approximate surface area is 177 Å². The van der Waals surface area contributed by atoms with Gasteiger partial charge >= 0.3 is 0 Å². The van der Waals surface area contributed by atoms with Gasteiger partial charge in [0.1, 0.15) is 5.82 Å². The molecule has 3 N–H and O–H groups in total. The summed E-state index contributed by atoms with van der Waals surface area (Å²) in [6.07, 6.45) is 7.84. The number of rotatable bonds is 7. The van der Waals surface area contributed by atoms with Gasteiger partial charge in [-0.1, -0.05) is 12.8 Å². The van der Waals surface area contributed by atoms with Crippen molar-refractivity contribution < 1.29 is 4.79 Å². The van der Waals surface area contributed by atoms with E-state index in [2.05, 4.69) is 54.5 Å². The molecule has 9 heteroatoms. The third-order valence-corrected chi connectivity index (χ3v) is 5.10. The molecule has 1 aliphatic heterocycles. The van der Waals surface area contributed by atoms with E-state index < -0.39 is 0 Å². The Morgan fingerprint density at radius 3 is 2.60 bits per heavy atom. The van der Waals surface area contributed by atoms with E-state index in [4.69, 9.17) is 11.4 Å². The SMILES string of the molecule is C#CCNC=O.CCN1CCN(c2nc(C)cc(Nc3cc(C4CC4)[nH]n3)n2)CC1. The van der Waals surface area contributed by atoms with Gasteiger partial charge in [-0.3, -0.25) is 9.89 Å². The average Bonchev–Trinajstić information content (AvgIpc) is 3.51. The fourth-order valence-corrected chi connectivity index (χ4v) is 3.26. The number of anilines is 3. The summed E-state index contributed by atoms with van der Waals surface area (Å²) in [4.78, 5) is 23.4. The molecule has 0 spiro atoms. The van der Waals surface area contributed by atoms with Crippen molar-refractivity contribution >= 4 is 24.0 Å². The normalized spacial score (nSPS) is 16.2. The van der Waals surface area contributed by atoms with Crippen molar-refractivity contribution in [2.24, 2.45) is 0 Å². The van der Waals surface area contributed by atoms with Gasteiger partial charge in [-0.05, 0) is 26.3 Å². The Hall–Kier alpha value is -3.12. The van der Waals surface area contributed by atoms with Crippen LogP contribution in [0.3, 0.4) is 0 Å². The Bertz CT molecular complexity index is 862. The monoisotopic (exact) mass is 410 g/mol. The number of nitrogens with zero attached hydrogens (tertiary/aromatic N) is 5. The first-order valence-electron chi connectivity index (χ1n) is 10.4. The molecule has 0 atom stereocenters. The first-order chi connectivity index (χ1) is 14.6. The molecule has 2 aromatic rings. The molecule has 3 heterocycles. The first kappa shape index (κ1) is 21.6. The predicted octanol–water partition coefficient (Wildman–Crippen LogP) is 1.64. The zero-order valence-electron chi connectivity index (χ0n) is 17.7. The molecular formula is C21H30N8O. The molecule has 1 aliphatic carbocycles. The average molecular weight is 411 g/mol. The number of amides is 1. The molecule has 1 saturated carbocycles. The van der Waals surface area contributed by atoms with E-state index in [1.54, 1.807) is 0 Å². The maximum atomic E-state index is 9.36. The molecule has 30 heavy (non-hydrogen) atoms. The van der Waals surface area contributed by atoms with Crippen molar-refractivity contribution in [3.05, 3.63) is 23.5 Å². The minimum atomic E-state index is 0.323. The van der Waals surface area contributed by atoms with Gasteiger partial charge in [0.05, 0.1) is 6.54 Å². The van der Waals surface area contributed by atoms with Crippen LogP contribution in [0.5, 0.6) is 0 Å². The molecule has 0 aromatic carbocycles. The van der Waals surface area contributed by atoms with Gasteiger partial charge in [-0.25, -0.2) is 4.98 Å². The van der Waals surface area contributed by atoms with E-state index in [-0.39, 0.29) is 0 Å². The van der Waals surface area contributed by atoms with Crippen LogP contribution < -0.4 is 15.5 Å². The Balaban J connectivity index is 0.000000377. The van der Waals surface area contributed by atoms with E-state index in [0.717, 1.165) is 56.0 Å². The molecule has 0 unspecified atom stereocenters. The fraction of sp³-hybridized carbons (Fsp3) is 0.524. The van der Waals surface area contributed by atoms with Crippen LogP contribution in [0.4, 0.5) is 17.6 Å². The second-order valence-electron chi connectivity index (χ2n) is 7.43. The van der Waals surface area contributed by atoms with Gasteiger partial charge in [0.25, 0.3) is 0 Å². The molecular weight excluding hydrogens is 380 g/mol. The number of terminal acetylenes is 1. The topological polar surface area (TPSA) is 102 Å². The summed E-state index contributed by atoms with van der Waals surface area (Å²) < 4.78 is 0. The van der Waals surface area contributed by atoms with E-state index in [1.165, 1.54) is 18.5 Å². The van der Waals surface area contributed by atoms with E-state index >= 15 is 0 Å². The summed E-state index contributed by atoms with van der Waals surface area (Å²) in [7, 11) is 0. The van der Waals surface area contributed by atoms with Crippen molar-refractivity contribution in [2.45, 2.75) is 32.6 Å². The molecule has 2 aliphatic rings. The third-order valence-electron chi connectivity index (χ3n) is 5.10. The van der Waals surface area contributed by atoms with Crippen LogP contribution in [-0.2, 0) is 4.79 Å². The quantitative estimate of drug-likeness (QED) is 0.362. The van der Waals surface area contributed by atoms with E-state index in [9.17, 15) is 4.79 Å². The van der Waals surface area contributed by atoms with Crippen molar-refractivity contribution in [2.75, 3.05) is 49.5 Å². The van der Waals surface area contributed by atoms with E-state index in [0.29, 0.717) is 18.9 Å². The third kappa shape index (κ3) is 6.19. The van der Waals surface area contributed by atoms with Crippen LogP contribution in [-0.4, -0.2) is 70.7 Å². The molecule has 160 valence electrons. The number of hydrogen-bond donors (Lipinski definition) is 3. The Morgan fingerprint density at radius 2 is 2.00 bits per heavy atom. The molecule has 2 aromatic heterocycles. The zero-order chi connectivity index (χ0) is 21.3. The molecule has 4 rings (SSSR count). The number of aryl methyl sites for hydroxylation is 1. The minimum Gasteiger partial charge on any atom is -0.348 e. The Kier molecular flexibility index (Phi) is 7.63. The van der Waals surface area contributed by atoms with Crippen molar-refractivity contribution in [1.29, 1.82) is 0 Å². The van der Waals surface area contributed by atoms with Gasteiger partial charge in [-0.15, -0.1) is 6.42 Å². The van der Waals surface area contributed by atoms with Crippen molar-refractivity contribution in [1.82, 2.24) is 30.4 Å². The van der Waals surface area contributed by atoms with Crippen molar-refractivity contribution in [3.8, 4) is 12.3 Å². The van der Waals surface area contributed by atoms with Gasteiger partial charge in [0, 0.05) is 55.6 Å². The first-order valence-corrected chi connectivity index (χ1v) is 10.4. The van der Waals surface area contributed by atoms with Crippen LogP contribution in [0.2, 0.25) is 0 Å². The second kappa shape index (κ2) is 10.6. The Morgan fingerprint density at radius 1 is 1.23 bits per heavy atom. The molecule has 1 amide bonds. The summed E-state index contributed by atoms with van der Waals surface area (Å²) in [5, 5.41) is 13.1. The minimum absolute atomic E-state index is 0.323. The van der Waals surface area contributed by atoms with E-state index in [1.807, 2.05) is 13.0 Å². The smallest absolute Gasteiger partial charge is 0.227 e. The van der Waals surface area contributed by atoms with Gasteiger partial charge < -0.3 is 20.4 Å². The van der Waals surface area contributed by atoms with Crippen LogP contribution in [0.15, 0.2) is 12.1 Å². The molecule has 0 bridgehead atoms. The lowest BCUT2D eigenvalue weighted by atomic mass is 10.3. The fourth-order valence-electron chi connectivity index (χ4n) is 3.26. The summed E-state index contributed by atoms with van der Waals surface area (Å²) in [6.45, 7) is 9.75. The molecule has 1 saturated heterocycles. The highest BCUT2D eigenvalue weighted by atomic mass is 16.1. The highest BCUT2D eigenvalue weighted by Crippen LogP contribution is 2.39. The molecule has 9 nitrogen and oxygen atoms in total. The van der Waals surface area contributed by atoms with Crippen LogP contribution in [0.1, 0.15) is 37.1 Å². The standard InChI is InChI=1S/C17H25N7.C4H5NO/c1-3-23-6-8-24(9-7-23)17-18-12(2)10-15(20-17)19-16-11-14(21-22-16)13-4-5-13;1-2-3-5-4-6/h10-11,13H,3-9H2,1-2H3,(H2,18,19,20,21,22);1,4H,3H2,(H,5,6). The number of aromatic nitrogens is 4. The highest BCUT2D eigenvalue weighted by molar-refractivity contribution is 5.55. The highest BCUT2D eigenvalue weighted by Gasteiger charge is 2.25. The number of carbonyl (C=O) groups is 1. The number of aromatic amines is 1. The summed E-state index contributed by atoms with van der Waals surface area (Å²) in [6, 6.07) is 4.06. The number of piperazine rings is 1. The largest absolute Gasteiger partial charge is 0.348 e. The number of nitrogens with one attached hydrogen (secondary N) is 3. The maximum absolute atomic E-state index is 9.36. The summed E-state index contributed by atoms with van der Waals surface area (Å²) in [5.74, 6) is 5.35. The predicted molar refractivity (Wildman–Crippen MR) is 118 cm³/mol. The van der Waals surface area contributed by atoms with Gasteiger partial charge in [0.15, 0.2) is 5.82 Å². The zero-order valence-corrected chi connectivity index (χ0v) is 17.7. The van der Waals surface area contributed by atoms with Gasteiger partial charge in [-0.2, -0.15) is 10.1 Å². The van der Waals surface area contributed by atoms with Crippen LogP contribution >= 0.6 is 0 Å². The maximum Gasteiger partial charge on any atom is 0.227 e. The number of hydrogen-bond acceptors (Lipinski definition) is 7. The summed E-state index contributed by atoms with van der Waals surface area (Å²) in [5.41, 5.74) is 2.19. The van der Waals surface area contributed by atoms with Crippen molar-refractivity contribution in [3.63, 3.8) is 0 Å². The number of likely N-dealkylation sites (N-methyl/N-ethyl adjacent to an activating group) is 1. The molecule has 0 radical (unpaired) electrons. The van der Waals surface area contributed by atoms with Gasteiger partial charge in [0.2, 0.25) is 12.4 Å². The summed E-state index contributed by atoms with van der Waals surface area (Å²) >= 11 is 0. The van der Waals surface area contributed by atoms with Crippen LogP contribution in [0, 0.1) is 19.3 Å². The molecule has 2 fully saturated rings. The lowest BCUT2D eigenvalue weighted by Gasteiger charge is -2.34. The lowest BCUT2D eigenvalue weighted by molar-refractivity contribution is -0.109. The number of carbonyl (C=O) groups excluding carboxylic acids is 1. The van der Waals surface area contributed by atoms with Crippen LogP contribution in [0.25, 0.3) is 0 Å². The number of H-pyrrole nitrogens is 1.